The average Bonchev–Trinajstić information content (AvgIpc) is 3.52. The molecule has 16 heteroatoms. The lowest BCUT2D eigenvalue weighted by Gasteiger charge is -2.14. The van der Waals surface area contributed by atoms with E-state index >= 15 is 0 Å². The third-order valence-corrected chi connectivity index (χ3v) is 5.19. The highest BCUT2D eigenvalue weighted by Gasteiger charge is 2.29. The van der Waals surface area contributed by atoms with Gasteiger partial charge < -0.3 is 19.3 Å². The van der Waals surface area contributed by atoms with Gasteiger partial charge in [0.05, 0.1) is 19.7 Å². The molecule has 164 valence electrons. The first kappa shape index (κ1) is 22.1. The Morgan fingerprint density at radius 2 is 1.93 bits per heavy atom. The van der Waals surface area contributed by atoms with Gasteiger partial charge in [-0.25, -0.2) is 19.0 Å². The fraction of sp³-hybridized carbons (Fsp3) is 0.714. The van der Waals surface area contributed by atoms with Gasteiger partial charge in [-0.3, -0.25) is 0 Å². The number of nitrogens with zero attached hydrogens (tertiary/aromatic N) is 10. The number of cyclic esters (lactones) is 1. The standard InChI is InChI=1S/2C7H11N5O2S/c1-14-7(13)11-3-2-5(4-11)12-6(15)8-9-10-12;13-7-11(4-5-14-7)2-1-3-12-6(15)8-9-10-12/h5H,2-4H2,1H3,(H,8,10,15);1-5H2,(H,8,10,15). The van der Waals surface area contributed by atoms with Crippen LogP contribution in [0.25, 0.3) is 0 Å². The summed E-state index contributed by atoms with van der Waals surface area (Å²) in [6.45, 7) is 3.68. The molecular weight excluding hydrogens is 436 g/mol. The van der Waals surface area contributed by atoms with E-state index in [0.717, 1.165) is 12.8 Å². The largest absolute Gasteiger partial charge is 0.453 e. The Hall–Kier alpha value is -2.62. The van der Waals surface area contributed by atoms with Crippen molar-refractivity contribution in [3.63, 3.8) is 0 Å². The monoisotopic (exact) mass is 458 g/mol. The number of aryl methyl sites for hydroxylation is 1. The molecule has 0 aromatic carbocycles. The van der Waals surface area contributed by atoms with Crippen molar-refractivity contribution in [1.82, 2.24) is 50.2 Å². The van der Waals surface area contributed by atoms with E-state index < -0.39 is 0 Å². The summed E-state index contributed by atoms with van der Waals surface area (Å²) in [5.74, 6) is 0. The molecule has 2 fully saturated rings. The molecule has 2 aliphatic rings. The second-order valence-corrected chi connectivity index (χ2v) is 7.24. The topological polar surface area (TPSA) is 146 Å². The molecule has 0 spiro atoms. The lowest BCUT2D eigenvalue weighted by molar-refractivity contribution is 0.131. The Labute approximate surface area is 182 Å². The van der Waals surface area contributed by atoms with E-state index in [0.29, 0.717) is 49.6 Å². The summed E-state index contributed by atoms with van der Waals surface area (Å²) < 4.78 is 12.6. The van der Waals surface area contributed by atoms with Gasteiger partial charge in [-0.2, -0.15) is 0 Å². The molecule has 1 atom stereocenters. The summed E-state index contributed by atoms with van der Waals surface area (Å²) in [6, 6.07) is 0.0894. The molecule has 2 aromatic heterocycles. The summed E-state index contributed by atoms with van der Waals surface area (Å²) in [5, 5.41) is 22.8. The van der Waals surface area contributed by atoms with Crippen molar-refractivity contribution in [3.05, 3.63) is 0 Å². The van der Waals surface area contributed by atoms with Gasteiger partial charge in [0.2, 0.25) is 10.3 Å². The second-order valence-electron chi connectivity index (χ2n) is 6.44. The average molecular weight is 459 g/mol. The summed E-state index contributed by atoms with van der Waals surface area (Å²) in [7, 11) is 1.37. The van der Waals surface area contributed by atoms with Crippen LogP contribution in [0, 0.1) is 0 Å². The maximum atomic E-state index is 11.2. The third kappa shape index (κ3) is 5.50. The van der Waals surface area contributed by atoms with E-state index in [9.17, 15) is 9.59 Å². The van der Waals surface area contributed by atoms with Crippen molar-refractivity contribution in [2.24, 2.45) is 0 Å². The van der Waals surface area contributed by atoms with Gasteiger partial charge in [0.15, 0.2) is 0 Å². The number of aromatic nitrogens is 8. The van der Waals surface area contributed by atoms with E-state index in [2.05, 4.69) is 61.0 Å². The van der Waals surface area contributed by atoms with Crippen molar-refractivity contribution in [1.29, 1.82) is 0 Å². The number of carbonyl (C=O) groups excluding carboxylic acids is 2. The highest BCUT2D eigenvalue weighted by Crippen LogP contribution is 2.22. The molecule has 14 nitrogen and oxygen atoms in total. The van der Waals surface area contributed by atoms with E-state index in [1.165, 1.54) is 7.11 Å². The minimum Gasteiger partial charge on any atom is -0.453 e. The van der Waals surface area contributed by atoms with Crippen molar-refractivity contribution in [2.45, 2.75) is 35.7 Å². The molecule has 0 saturated carbocycles. The van der Waals surface area contributed by atoms with Gasteiger partial charge in [-0.15, -0.1) is 35.5 Å². The molecule has 4 heterocycles. The van der Waals surface area contributed by atoms with E-state index in [4.69, 9.17) is 4.74 Å². The van der Waals surface area contributed by atoms with Crippen LogP contribution in [0.1, 0.15) is 18.9 Å². The van der Waals surface area contributed by atoms with E-state index in [1.807, 2.05) is 0 Å². The van der Waals surface area contributed by atoms with Crippen LogP contribution in [-0.4, -0.2) is 102 Å². The molecule has 2 saturated heterocycles. The Morgan fingerprint density at radius 1 is 1.17 bits per heavy atom. The molecule has 2 aromatic rings. The Bertz CT molecular complexity index is 861. The number of tetrazole rings is 2. The number of likely N-dealkylation sites (tertiary alicyclic amines) is 1. The second kappa shape index (κ2) is 10.4. The normalized spacial score (nSPS) is 18.2. The number of hydrogen-bond donors (Lipinski definition) is 2. The van der Waals surface area contributed by atoms with Gasteiger partial charge in [-0.05, 0) is 33.7 Å². The van der Waals surface area contributed by atoms with Crippen LogP contribution in [0.5, 0.6) is 0 Å². The molecule has 0 radical (unpaired) electrons. The molecule has 0 N–H and O–H groups in total. The predicted octanol–water partition coefficient (Wildman–Crippen LogP) is -0.221. The fourth-order valence-electron chi connectivity index (χ4n) is 3.05. The fourth-order valence-corrected chi connectivity index (χ4v) is 3.47. The first-order chi connectivity index (χ1) is 14.5. The molecule has 0 aliphatic carbocycles. The zero-order valence-corrected chi connectivity index (χ0v) is 18.0. The van der Waals surface area contributed by atoms with Gasteiger partial charge >= 0.3 is 12.2 Å². The van der Waals surface area contributed by atoms with Crippen molar-refractivity contribution in [3.8, 4) is 0 Å². The number of amides is 2. The quantitative estimate of drug-likeness (QED) is 0.576. The maximum absolute atomic E-state index is 11.2. The summed E-state index contributed by atoms with van der Waals surface area (Å²) >= 11 is 8.19. The first-order valence-electron chi connectivity index (χ1n) is 9.16. The smallest absolute Gasteiger partial charge is 0.409 e. The maximum Gasteiger partial charge on any atom is 0.409 e. The zero-order valence-electron chi connectivity index (χ0n) is 16.2. The van der Waals surface area contributed by atoms with Crippen molar-refractivity contribution in [2.75, 3.05) is 39.9 Å². The SMILES string of the molecule is COC(=O)N1CCC(n2nnnc2S)C1.O=C1OCCN1CCCn1nnnc1S. The molecule has 2 amide bonds. The van der Waals surface area contributed by atoms with Gasteiger partial charge in [0.1, 0.15) is 6.61 Å². The number of carbonyl (C=O) groups is 2. The van der Waals surface area contributed by atoms with Crippen LogP contribution < -0.4 is 0 Å². The zero-order chi connectivity index (χ0) is 21.5. The van der Waals surface area contributed by atoms with Crippen LogP contribution in [0.2, 0.25) is 0 Å². The summed E-state index contributed by atoms with van der Waals surface area (Å²) in [4.78, 5) is 25.6. The summed E-state index contributed by atoms with van der Waals surface area (Å²) in [5.41, 5.74) is 0. The number of ether oxygens (including phenoxy) is 2. The first-order valence-corrected chi connectivity index (χ1v) is 10.1. The van der Waals surface area contributed by atoms with Crippen molar-refractivity contribution >= 4 is 37.4 Å². The molecule has 30 heavy (non-hydrogen) atoms. The molecule has 4 rings (SSSR count). The predicted molar refractivity (Wildman–Crippen MR) is 105 cm³/mol. The lowest BCUT2D eigenvalue weighted by atomic mass is 10.3. The van der Waals surface area contributed by atoms with Crippen LogP contribution in [0.15, 0.2) is 10.3 Å². The highest BCUT2D eigenvalue weighted by molar-refractivity contribution is 7.80. The highest BCUT2D eigenvalue weighted by atomic mass is 32.1. The summed E-state index contributed by atoms with van der Waals surface area (Å²) in [6.07, 6.45) is 1.05. The molecule has 0 bridgehead atoms. The minimum absolute atomic E-state index is 0.0894. The van der Waals surface area contributed by atoms with Crippen LogP contribution in [0.4, 0.5) is 9.59 Å². The molecule has 1 unspecified atom stereocenters. The molecule has 2 aliphatic heterocycles. The third-order valence-electron chi connectivity index (χ3n) is 4.57. The Morgan fingerprint density at radius 3 is 2.53 bits per heavy atom. The van der Waals surface area contributed by atoms with Crippen LogP contribution >= 0.6 is 25.3 Å². The van der Waals surface area contributed by atoms with E-state index in [-0.39, 0.29) is 18.2 Å². The number of thiol groups is 2. The van der Waals surface area contributed by atoms with Crippen molar-refractivity contribution < 1.29 is 19.1 Å². The molecular formula is C14H22N10O4S2. The van der Waals surface area contributed by atoms with Crippen LogP contribution in [0.3, 0.4) is 0 Å². The van der Waals surface area contributed by atoms with Crippen LogP contribution in [-0.2, 0) is 16.0 Å². The van der Waals surface area contributed by atoms with Gasteiger partial charge in [-0.1, -0.05) is 0 Å². The van der Waals surface area contributed by atoms with E-state index in [1.54, 1.807) is 19.2 Å². The lowest BCUT2D eigenvalue weighted by Crippen LogP contribution is -2.29. The van der Waals surface area contributed by atoms with Gasteiger partial charge in [0.25, 0.3) is 0 Å². The Kier molecular flexibility index (Phi) is 7.67. The Balaban J connectivity index is 0.000000171. The number of hydrogen-bond acceptors (Lipinski definition) is 12. The number of rotatable bonds is 5. The minimum atomic E-state index is -0.314. The number of methoxy groups -OCH3 is 1. The van der Waals surface area contributed by atoms with Gasteiger partial charge in [0, 0.05) is 26.2 Å².